The molecule has 0 spiro atoms. The summed E-state index contributed by atoms with van der Waals surface area (Å²) in [6, 6.07) is -1.15. The molecule has 0 aromatic rings. The first-order valence-corrected chi connectivity index (χ1v) is 6.79. The van der Waals surface area contributed by atoms with E-state index in [1.54, 1.807) is 0 Å². The second-order valence-corrected chi connectivity index (χ2v) is 4.94. The molecule has 158 valence electrons. The Morgan fingerprint density at radius 1 is 1.04 bits per heavy atom. The van der Waals surface area contributed by atoms with Crippen LogP contribution in [0, 0.1) is 0 Å². The Kier molecular flexibility index (Phi) is 8.25. The summed E-state index contributed by atoms with van der Waals surface area (Å²) >= 11 is 0. The maximum atomic E-state index is 13.1. The molecule has 0 aliphatic rings. The molecular weight excluding hydrogens is 404 g/mol. The third-order valence-corrected chi connectivity index (χ3v) is 2.86. The fourth-order valence-corrected chi connectivity index (χ4v) is 1.36. The lowest BCUT2D eigenvalue weighted by Crippen LogP contribution is -2.59. The van der Waals surface area contributed by atoms with Gasteiger partial charge in [-0.25, -0.2) is 18.4 Å². The van der Waals surface area contributed by atoms with Crippen LogP contribution in [0.15, 0.2) is 0 Å². The maximum absolute atomic E-state index is 13.1. The molecule has 0 fully saturated rings. The minimum Gasteiger partial charge on any atom is -0.467 e. The molecule has 0 aliphatic carbocycles. The second kappa shape index (κ2) is 9.03. The van der Waals surface area contributed by atoms with Gasteiger partial charge in [0.15, 0.2) is 6.61 Å². The SMILES string of the molecule is COC(=O)[C@H](C)NC(=O)CNC(=O)OCC(F)(F)C(F)(F)C(F)(F)C(F)F. The van der Waals surface area contributed by atoms with Gasteiger partial charge in [-0.2, -0.15) is 26.3 Å². The summed E-state index contributed by atoms with van der Waals surface area (Å²) in [4.78, 5) is 33.4. The molecule has 0 rings (SSSR count). The van der Waals surface area contributed by atoms with Crippen LogP contribution in [0.25, 0.3) is 0 Å². The lowest BCUT2D eigenvalue weighted by atomic mass is 10.1. The first kappa shape index (κ1) is 24.7. The Balaban J connectivity index is 4.64. The lowest BCUT2D eigenvalue weighted by molar-refractivity contribution is -0.343. The van der Waals surface area contributed by atoms with Crippen LogP contribution in [0.2, 0.25) is 0 Å². The summed E-state index contributed by atoms with van der Waals surface area (Å²) in [6.07, 6.45) is -7.01. The minimum absolute atomic E-state index is 0.868. The molecule has 2 amide bonds. The first-order valence-electron chi connectivity index (χ1n) is 6.79. The minimum atomic E-state index is -6.53. The molecular formula is C12H14F8N2O5. The van der Waals surface area contributed by atoms with Gasteiger partial charge in [0, 0.05) is 0 Å². The van der Waals surface area contributed by atoms with Crippen molar-refractivity contribution < 1.29 is 59.0 Å². The van der Waals surface area contributed by atoms with Crippen LogP contribution in [0.4, 0.5) is 39.9 Å². The van der Waals surface area contributed by atoms with Gasteiger partial charge in [-0.1, -0.05) is 0 Å². The molecule has 1 atom stereocenters. The first-order chi connectivity index (χ1) is 12.1. The number of alkyl halides is 8. The van der Waals surface area contributed by atoms with Gasteiger partial charge in [0.2, 0.25) is 5.91 Å². The molecule has 0 saturated heterocycles. The monoisotopic (exact) mass is 418 g/mol. The van der Waals surface area contributed by atoms with Gasteiger partial charge >= 0.3 is 36.3 Å². The molecule has 0 aliphatic heterocycles. The van der Waals surface area contributed by atoms with Gasteiger partial charge in [0.1, 0.15) is 12.6 Å². The Bertz CT molecular complexity index is 558. The Morgan fingerprint density at radius 3 is 2.00 bits per heavy atom. The predicted molar refractivity (Wildman–Crippen MR) is 69.8 cm³/mol. The number of rotatable bonds is 9. The van der Waals surface area contributed by atoms with Crippen LogP contribution in [-0.2, 0) is 19.1 Å². The fraction of sp³-hybridized carbons (Fsp3) is 0.750. The number of halogens is 8. The molecule has 27 heavy (non-hydrogen) atoms. The van der Waals surface area contributed by atoms with E-state index in [0.29, 0.717) is 0 Å². The average molecular weight is 418 g/mol. The van der Waals surface area contributed by atoms with Crippen molar-refractivity contribution in [1.82, 2.24) is 10.6 Å². The summed E-state index contributed by atoms with van der Waals surface area (Å²) in [5, 5.41) is 3.47. The number of carbonyl (C=O) groups excluding carboxylic acids is 3. The number of alkyl carbamates (subject to hydrolysis) is 1. The van der Waals surface area contributed by atoms with Crippen LogP contribution in [0.5, 0.6) is 0 Å². The van der Waals surface area contributed by atoms with Crippen LogP contribution in [0.3, 0.4) is 0 Å². The predicted octanol–water partition coefficient (Wildman–Crippen LogP) is 1.56. The van der Waals surface area contributed by atoms with Crippen LogP contribution < -0.4 is 10.6 Å². The van der Waals surface area contributed by atoms with Crippen molar-refractivity contribution in [2.24, 2.45) is 0 Å². The Hall–Kier alpha value is -2.35. The Morgan fingerprint density at radius 2 is 1.56 bits per heavy atom. The molecule has 2 N–H and O–H groups in total. The van der Waals surface area contributed by atoms with E-state index in [1.807, 2.05) is 5.32 Å². The number of hydrogen-bond acceptors (Lipinski definition) is 5. The lowest BCUT2D eigenvalue weighted by Gasteiger charge is -2.31. The molecule has 0 bridgehead atoms. The molecule has 0 unspecified atom stereocenters. The van der Waals surface area contributed by atoms with Crippen molar-refractivity contribution in [2.45, 2.75) is 37.2 Å². The van der Waals surface area contributed by atoms with Gasteiger partial charge in [0.25, 0.3) is 0 Å². The van der Waals surface area contributed by atoms with E-state index in [-0.39, 0.29) is 0 Å². The third kappa shape index (κ3) is 6.09. The van der Waals surface area contributed by atoms with Gasteiger partial charge in [0.05, 0.1) is 7.11 Å². The maximum Gasteiger partial charge on any atom is 0.407 e. The smallest absolute Gasteiger partial charge is 0.407 e. The zero-order valence-corrected chi connectivity index (χ0v) is 13.6. The van der Waals surface area contributed by atoms with Crippen LogP contribution >= 0.6 is 0 Å². The summed E-state index contributed by atoms with van der Waals surface area (Å²) in [6.45, 7) is -2.46. The number of amides is 2. The average Bonchev–Trinajstić information content (AvgIpc) is 2.56. The van der Waals surface area contributed by atoms with E-state index < -0.39 is 61.4 Å². The molecule has 0 heterocycles. The molecule has 0 aromatic carbocycles. The van der Waals surface area contributed by atoms with E-state index in [2.05, 4.69) is 9.47 Å². The Labute approximate surface area is 146 Å². The number of carbonyl (C=O) groups is 3. The van der Waals surface area contributed by atoms with Crippen molar-refractivity contribution in [3.63, 3.8) is 0 Å². The number of nitrogens with one attached hydrogen (secondary N) is 2. The van der Waals surface area contributed by atoms with Crippen molar-refractivity contribution in [3.05, 3.63) is 0 Å². The van der Waals surface area contributed by atoms with Gasteiger partial charge < -0.3 is 20.1 Å². The van der Waals surface area contributed by atoms with Gasteiger partial charge in [-0.15, -0.1) is 0 Å². The standard InChI is InChI=1S/C12H14F8N2O5/c1-5(7(24)26-2)22-6(23)3-21-9(25)27-4-10(15,16)12(19,20)11(17,18)8(13)14/h5,8H,3-4H2,1-2H3,(H,21,25)(H,22,23)/t5-/m0/s1. The van der Waals surface area contributed by atoms with Gasteiger partial charge in [-0.3, -0.25) is 4.79 Å². The van der Waals surface area contributed by atoms with E-state index in [1.165, 1.54) is 12.2 Å². The number of methoxy groups -OCH3 is 1. The zero-order valence-electron chi connectivity index (χ0n) is 13.6. The quantitative estimate of drug-likeness (QED) is 0.438. The van der Waals surface area contributed by atoms with Crippen molar-refractivity contribution in [1.29, 1.82) is 0 Å². The highest BCUT2D eigenvalue weighted by molar-refractivity contribution is 5.86. The topological polar surface area (TPSA) is 93.7 Å². The van der Waals surface area contributed by atoms with Crippen molar-refractivity contribution in [2.75, 3.05) is 20.3 Å². The highest BCUT2D eigenvalue weighted by Gasteiger charge is 2.75. The van der Waals surface area contributed by atoms with E-state index in [9.17, 15) is 49.5 Å². The summed E-state index contributed by atoms with van der Waals surface area (Å²) in [7, 11) is 1.01. The highest BCUT2D eigenvalue weighted by atomic mass is 19.4. The fourth-order valence-electron chi connectivity index (χ4n) is 1.36. The number of ether oxygens (including phenoxy) is 2. The zero-order chi connectivity index (χ0) is 21.6. The molecule has 7 nitrogen and oxygen atoms in total. The molecule has 0 aromatic heterocycles. The molecule has 15 heteroatoms. The summed E-state index contributed by atoms with van der Waals surface area (Å²) in [5.41, 5.74) is 0. The normalized spacial score (nSPS) is 13.7. The third-order valence-electron chi connectivity index (χ3n) is 2.86. The van der Waals surface area contributed by atoms with E-state index in [0.717, 1.165) is 7.11 Å². The van der Waals surface area contributed by atoms with Crippen molar-refractivity contribution in [3.8, 4) is 0 Å². The van der Waals surface area contributed by atoms with Crippen molar-refractivity contribution >= 4 is 18.0 Å². The molecule has 0 radical (unpaired) electrons. The van der Waals surface area contributed by atoms with E-state index >= 15 is 0 Å². The highest BCUT2D eigenvalue weighted by Crippen LogP contribution is 2.48. The van der Waals surface area contributed by atoms with Gasteiger partial charge in [-0.05, 0) is 6.92 Å². The summed E-state index contributed by atoms with van der Waals surface area (Å²) < 4.78 is 109. The number of esters is 1. The molecule has 0 saturated carbocycles. The van der Waals surface area contributed by atoms with E-state index in [4.69, 9.17) is 0 Å². The number of hydrogen-bond donors (Lipinski definition) is 2. The second-order valence-electron chi connectivity index (χ2n) is 4.94. The largest absolute Gasteiger partial charge is 0.467 e. The van der Waals surface area contributed by atoms with Crippen LogP contribution in [-0.4, -0.2) is 68.5 Å². The summed E-state index contributed by atoms with van der Waals surface area (Å²) in [5.74, 6) is -20.7. The van der Waals surface area contributed by atoms with Crippen LogP contribution in [0.1, 0.15) is 6.92 Å².